The summed E-state index contributed by atoms with van der Waals surface area (Å²) in [6.07, 6.45) is 2.61. The molecule has 6 nitrogen and oxygen atoms in total. The highest BCUT2D eigenvalue weighted by Gasteiger charge is 2.30. The van der Waals surface area contributed by atoms with Gasteiger partial charge in [-0.2, -0.15) is 0 Å². The lowest BCUT2D eigenvalue weighted by molar-refractivity contribution is -0.126. The largest absolute Gasteiger partial charge is 0.491 e. The lowest BCUT2D eigenvalue weighted by Gasteiger charge is -2.30. The highest BCUT2D eigenvalue weighted by atomic mass is 32.2. The minimum Gasteiger partial charge on any atom is -0.491 e. The lowest BCUT2D eigenvalue weighted by Crippen LogP contribution is -2.47. The van der Waals surface area contributed by atoms with Crippen molar-refractivity contribution in [2.75, 3.05) is 26.0 Å². The minimum absolute atomic E-state index is 0.107. The number of nitrogens with one attached hydrogen (secondary N) is 1. The van der Waals surface area contributed by atoms with E-state index < -0.39 is 10.0 Å². The standard InChI is InChI=1S/C18H28N2O4S/c1-13-7-8-17(10-14(13)2)24-12-15(3)19-18(21)16-6-5-9-20(11-16)25(4,22)23/h7-8,10,15-16H,5-6,9,11-12H2,1-4H3,(H,19,21)/t15-,16+/m0/s1. The van der Waals surface area contributed by atoms with Crippen LogP contribution in [0.1, 0.15) is 30.9 Å². The number of rotatable bonds is 6. The quantitative estimate of drug-likeness (QED) is 0.832. The molecule has 1 aliphatic rings. The highest BCUT2D eigenvalue weighted by molar-refractivity contribution is 7.88. The van der Waals surface area contributed by atoms with Crippen LogP contribution in [0.2, 0.25) is 0 Å². The van der Waals surface area contributed by atoms with Gasteiger partial charge in [0.2, 0.25) is 15.9 Å². The van der Waals surface area contributed by atoms with Crippen molar-refractivity contribution in [1.82, 2.24) is 9.62 Å². The summed E-state index contributed by atoms with van der Waals surface area (Å²) in [6, 6.07) is 5.76. The van der Waals surface area contributed by atoms with E-state index in [4.69, 9.17) is 4.74 Å². The molecule has 1 N–H and O–H groups in total. The Labute approximate surface area is 150 Å². The predicted octanol–water partition coefficient (Wildman–Crippen LogP) is 1.86. The maximum atomic E-state index is 12.4. The number of ether oxygens (including phenoxy) is 1. The van der Waals surface area contributed by atoms with Crippen LogP contribution in [0.15, 0.2) is 18.2 Å². The van der Waals surface area contributed by atoms with Crippen LogP contribution >= 0.6 is 0 Å². The molecule has 1 amide bonds. The molecular formula is C18H28N2O4S. The summed E-state index contributed by atoms with van der Waals surface area (Å²) in [6.45, 7) is 7.09. The fourth-order valence-electron chi connectivity index (χ4n) is 2.88. The first-order valence-electron chi connectivity index (χ1n) is 8.62. The molecular weight excluding hydrogens is 340 g/mol. The summed E-state index contributed by atoms with van der Waals surface area (Å²) in [7, 11) is -3.25. The first-order valence-corrected chi connectivity index (χ1v) is 10.5. The topological polar surface area (TPSA) is 75.7 Å². The monoisotopic (exact) mass is 368 g/mol. The van der Waals surface area contributed by atoms with Gasteiger partial charge in [-0.1, -0.05) is 6.07 Å². The molecule has 1 aliphatic heterocycles. The number of carbonyl (C=O) groups is 1. The first-order chi connectivity index (χ1) is 11.7. The molecule has 0 radical (unpaired) electrons. The summed E-state index contributed by atoms with van der Waals surface area (Å²) in [5.41, 5.74) is 2.37. The number of hydrogen-bond acceptors (Lipinski definition) is 4. The molecule has 1 aromatic carbocycles. The van der Waals surface area contributed by atoms with E-state index in [0.717, 1.165) is 11.3 Å². The lowest BCUT2D eigenvalue weighted by atomic mass is 9.98. The Hall–Kier alpha value is -1.60. The summed E-state index contributed by atoms with van der Waals surface area (Å²) in [5.74, 6) is 0.377. The molecule has 0 spiro atoms. The zero-order chi connectivity index (χ0) is 18.6. The summed E-state index contributed by atoms with van der Waals surface area (Å²) in [5, 5.41) is 2.93. The normalized spacial score (nSPS) is 20.1. The second-order valence-corrected chi connectivity index (χ2v) is 8.91. The Bertz CT molecular complexity index is 718. The van der Waals surface area contributed by atoms with Crippen molar-refractivity contribution in [2.45, 2.75) is 39.7 Å². The van der Waals surface area contributed by atoms with E-state index in [2.05, 4.69) is 5.32 Å². The Kier molecular flexibility index (Phi) is 6.46. The van der Waals surface area contributed by atoms with E-state index in [1.165, 1.54) is 16.1 Å². The molecule has 0 aromatic heterocycles. The van der Waals surface area contributed by atoms with Gasteiger partial charge in [0.1, 0.15) is 12.4 Å². The maximum absolute atomic E-state index is 12.4. The van der Waals surface area contributed by atoms with Gasteiger partial charge in [-0.15, -0.1) is 0 Å². The van der Waals surface area contributed by atoms with Crippen LogP contribution in [0.3, 0.4) is 0 Å². The molecule has 2 rings (SSSR count). The van der Waals surface area contributed by atoms with Crippen LogP contribution in [-0.2, 0) is 14.8 Å². The molecule has 0 unspecified atom stereocenters. The van der Waals surface area contributed by atoms with Crippen LogP contribution in [-0.4, -0.2) is 50.6 Å². The molecule has 1 aromatic rings. The average Bonchev–Trinajstić information content (AvgIpc) is 2.55. The van der Waals surface area contributed by atoms with Crippen LogP contribution in [0.25, 0.3) is 0 Å². The number of aryl methyl sites for hydroxylation is 2. The molecule has 7 heteroatoms. The smallest absolute Gasteiger partial charge is 0.224 e. The molecule has 2 atom stereocenters. The average molecular weight is 368 g/mol. The molecule has 1 saturated heterocycles. The molecule has 140 valence electrons. The Balaban J connectivity index is 1.84. The van der Waals surface area contributed by atoms with E-state index in [9.17, 15) is 13.2 Å². The van der Waals surface area contributed by atoms with E-state index in [1.54, 1.807) is 0 Å². The van der Waals surface area contributed by atoms with Gasteiger partial charge in [-0.05, 0) is 56.9 Å². The Morgan fingerprint density at radius 2 is 2.08 bits per heavy atom. The Morgan fingerprint density at radius 3 is 2.72 bits per heavy atom. The molecule has 1 heterocycles. The van der Waals surface area contributed by atoms with Crippen LogP contribution < -0.4 is 10.1 Å². The number of carbonyl (C=O) groups excluding carboxylic acids is 1. The minimum atomic E-state index is -3.25. The van der Waals surface area contributed by atoms with Gasteiger partial charge < -0.3 is 10.1 Å². The zero-order valence-corrected chi connectivity index (χ0v) is 16.2. The summed E-state index contributed by atoms with van der Waals surface area (Å²) >= 11 is 0. The third kappa shape index (κ3) is 5.71. The number of hydrogen-bond donors (Lipinski definition) is 1. The summed E-state index contributed by atoms with van der Waals surface area (Å²) < 4.78 is 30.5. The number of nitrogens with zero attached hydrogens (tertiary/aromatic N) is 1. The number of benzene rings is 1. The van der Waals surface area contributed by atoms with Gasteiger partial charge in [0.05, 0.1) is 18.2 Å². The van der Waals surface area contributed by atoms with Crippen molar-refractivity contribution in [2.24, 2.45) is 5.92 Å². The van der Waals surface area contributed by atoms with Crippen LogP contribution in [0.4, 0.5) is 0 Å². The predicted molar refractivity (Wildman–Crippen MR) is 98.2 cm³/mol. The summed E-state index contributed by atoms with van der Waals surface area (Å²) in [4.78, 5) is 12.4. The number of amides is 1. The second kappa shape index (κ2) is 8.19. The van der Waals surface area contributed by atoms with Gasteiger partial charge in [0.25, 0.3) is 0 Å². The maximum Gasteiger partial charge on any atom is 0.224 e. The Morgan fingerprint density at radius 1 is 1.36 bits per heavy atom. The van der Waals surface area contributed by atoms with Crippen molar-refractivity contribution < 1.29 is 17.9 Å². The van der Waals surface area contributed by atoms with Gasteiger partial charge >= 0.3 is 0 Å². The van der Waals surface area contributed by atoms with Crippen molar-refractivity contribution >= 4 is 15.9 Å². The second-order valence-electron chi connectivity index (χ2n) is 6.93. The van der Waals surface area contributed by atoms with E-state index in [0.29, 0.717) is 26.0 Å². The van der Waals surface area contributed by atoms with Crippen molar-refractivity contribution in [3.05, 3.63) is 29.3 Å². The van der Waals surface area contributed by atoms with Gasteiger partial charge in [0.15, 0.2) is 0 Å². The van der Waals surface area contributed by atoms with E-state index in [1.807, 2.05) is 39.0 Å². The highest BCUT2D eigenvalue weighted by Crippen LogP contribution is 2.19. The SMILES string of the molecule is Cc1ccc(OC[C@H](C)NC(=O)[C@@H]2CCCN(S(C)(=O)=O)C2)cc1C. The van der Waals surface area contributed by atoms with Crippen LogP contribution in [0, 0.1) is 19.8 Å². The molecule has 1 fully saturated rings. The first kappa shape index (κ1) is 19.7. The van der Waals surface area contributed by atoms with E-state index >= 15 is 0 Å². The van der Waals surface area contributed by atoms with Gasteiger partial charge in [0, 0.05) is 13.1 Å². The fraction of sp³-hybridized carbons (Fsp3) is 0.611. The third-order valence-electron chi connectivity index (χ3n) is 4.59. The van der Waals surface area contributed by atoms with E-state index in [-0.39, 0.29) is 24.4 Å². The number of piperidine rings is 1. The molecule has 0 saturated carbocycles. The van der Waals surface area contributed by atoms with Gasteiger partial charge in [-0.3, -0.25) is 4.79 Å². The molecule has 25 heavy (non-hydrogen) atoms. The molecule has 0 aliphatic carbocycles. The third-order valence-corrected chi connectivity index (χ3v) is 5.86. The van der Waals surface area contributed by atoms with Crippen molar-refractivity contribution in [3.8, 4) is 5.75 Å². The fourth-order valence-corrected chi connectivity index (χ4v) is 3.80. The van der Waals surface area contributed by atoms with Gasteiger partial charge in [-0.25, -0.2) is 12.7 Å². The zero-order valence-electron chi connectivity index (χ0n) is 15.4. The molecule has 0 bridgehead atoms. The number of sulfonamides is 1. The van der Waals surface area contributed by atoms with Crippen molar-refractivity contribution in [1.29, 1.82) is 0 Å². The van der Waals surface area contributed by atoms with Crippen molar-refractivity contribution in [3.63, 3.8) is 0 Å². The van der Waals surface area contributed by atoms with Crippen LogP contribution in [0.5, 0.6) is 5.75 Å².